The van der Waals surface area contributed by atoms with E-state index in [-0.39, 0.29) is 11.3 Å². The van der Waals surface area contributed by atoms with Crippen molar-refractivity contribution < 1.29 is 9.53 Å². The van der Waals surface area contributed by atoms with Crippen molar-refractivity contribution in [3.63, 3.8) is 0 Å². The molecule has 84 valence electrons. The van der Waals surface area contributed by atoms with E-state index in [0.717, 1.165) is 0 Å². The Morgan fingerprint density at radius 3 is 2.43 bits per heavy atom. The second-order valence-corrected chi connectivity index (χ2v) is 4.41. The van der Waals surface area contributed by atoms with Crippen molar-refractivity contribution in [1.29, 1.82) is 0 Å². The lowest BCUT2D eigenvalue weighted by Crippen LogP contribution is -2.49. The van der Waals surface area contributed by atoms with E-state index in [0.29, 0.717) is 13.2 Å². The predicted molar refractivity (Wildman–Crippen MR) is 57.1 cm³/mol. The van der Waals surface area contributed by atoms with Gasteiger partial charge in [-0.2, -0.15) is 0 Å². The van der Waals surface area contributed by atoms with Crippen LogP contribution in [0.2, 0.25) is 0 Å². The van der Waals surface area contributed by atoms with E-state index in [1.807, 2.05) is 20.8 Å². The van der Waals surface area contributed by atoms with Crippen LogP contribution < -0.4 is 10.2 Å². The van der Waals surface area contributed by atoms with E-state index >= 15 is 0 Å². The van der Waals surface area contributed by atoms with E-state index in [1.165, 1.54) is 0 Å². The molecule has 0 saturated carbocycles. The maximum Gasteiger partial charge on any atom is 0.239 e. The zero-order valence-corrected chi connectivity index (χ0v) is 9.94. The summed E-state index contributed by atoms with van der Waals surface area (Å²) in [6.07, 6.45) is 0. The Labute approximate surface area is 90.4 Å². The number of methoxy groups -OCH3 is 1. The number of rotatable bonds is 5. The lowest BCUT2D eigenvalue weighted by Gasteiger charge is -2.27. The molecule has 1 amide bonds. The van der Waals surface area contributed by atoms with Crippen LogP contribution in [0.3, 0.4) is 0 Å². The molecular formula is C9H19ClN2O2. The third-order valence-corrected chi connectivity index (χ3v) is 2.06. The number of halogens is 1. The minimum absolute atomic E-state index is 0.107. The fourth-order valence-electron chi connectivity index (χ4n) is 0.985. The van der Waals surface area contributed by atoms with E-state index < -0.39 is 6.04 Å². The highest BCUT2D eigenvalue weighted by atomic mass is 35.5. The van der Waals surface area contributed by atoms with E-state index in [4.69, 9.17) is 16.5 Å². The molecule has 0 aromatic heterocycles. The van der Waals surface area contributed by atoms with Crippen molar-refractivity contribution in [3.05, 3.63) is 0 Å². The van der Waals surface area contributed by atoms with Gasteiger partial charge in [0.25, 0.3) is 0 Å². The normalized spacial score (nSPS) is 13.8. The van der Waals surface area contributed by atoms with Crippen LogP contribution in [0.5, 0.6) is 0 Å². The van der Waals surface area contributed by atoms with Crippen molar-refractivity contribution >= 4 is 17.7 Å². The van der Waals surface area contributed by atoms with Gasteiger partial charge in [0.2, 0.25) is 5.91 Å². The van der Waals surface area contributed by atoms with Crippen LogP contribution in [-0.4, -0.2) is 32.2 Å². The molecule has 1 unspecified atom stereocenters. The Kier molecular flexibility index (Phi) is 6.08. The fraction of sp³-hybridized carbons (Fsp3) is 0.889. The van der Waals surface area contributed by atoms with Gasteiger partial charge in [0.15, 0.2) is 0 Å². The number of nitrogens with one attached hydrogen (secondary N) is 2. The van der Waals surface area contributed by atoms with Crippen LogP contribution >= 0.6 is 11.8 Å². The van der Waals surface area contributed by atoms with Crippen LogP contribution in [0.15, 0.2) is 0 Å². The zero-order chi connectivity index (χ0) is 11.2. The van der Waals surface area contributed by atoms with Crippen molar-refractivity contribution in [2.75, 3.05) is 20.3 Å². The molecule has 2 N–H and O–H groups in total. The summed E-state index contributed by atoms with van der Waals surface area (Å²) in [7, 11) is 1.59. The fourth-order valence-corrected chi connectivity index (χ4v) is 1.41. The second kappa shape index (κ2) is 6.22. The minimum atomic E-state index is -0.402. The molecule has 5 heteroatoms. The molecule has 0 aromatic rings. The number of carbonyl (C=O) groups excluding carboxylic acids is 1. The monoisotopic (exact) mass is 222 g/mol. The maximum absolute atomic E-state index is 11.6. The van der Waals surface area contributed by atoms with Crippen molar-refractivity contribution in [2.24, 2.45) is 5.41 Å². The summed E-state index contributed by atoms with van der Waals surface area (Å²) >= 11 is 5.52. The smallest absolute Gasteiger partial charge is 0.239 e. The highest BCUT2D eigenvalue weighted by molar-refractivity contribution is 6.15. The zero-order valence-electron chi connectivity index (χ0n) is 9.19. The molecule has 0 aliphatic rings. The van der Waals surface area contributed by atoms with Gasteiger partial charge in [-0.25, -0.2) is 4.84 Å². The molecule has 0 saturated heterocycles. The topological polar surface area (TPSA) is 50.4 Å². The molecular weight excluding hydrogens is 204 g/mol. The summed E-state index contributed by atoms with van der Waals surface area (Å²) in [5.41, 5.74) is -0.209. The molecule has 0 radical (unpaired) electrons. The van der Waals surface area contributed by atoms with Gasteiger partial charge in [-0.1, -0.05) is 20.8 Å². The molecule has 0 aliphatic heterocycles. The van der Waals surface area contributed by atoms with Gasteiger partial charge in [0, 0.05) is 13.7 Å². The number of hydrogen-bond acceptors (Lipinski definition) is 3. The Balaban J connectivity index is 4.06. The summed E-state index contributed by atoms with van der Waals surface area (Å²) < 4.78 is 4.82. The van der Waals surface area contributed by atoms with Crippen LogP contribution in [0.1, 0.15) is 20.8 Å². The lowest BCUT2D eigenvalue weighted by molar-refractivity contribution is -0.125. The molecule has 14 heavy (non-hydrogen) atoms. The quantitative estimate of drug-likeness (QED) is 0.537. The Morgan fingerprint density at radius 2 is 2.07 bits per heavy atom. The molecule has 0 fully saturated rings. The van der Waals surface area contributed by atoms with Gasteiger partial charge in [-0.15, -0.1) is 0 Å². The van der Waals surface area contributed by atoms with Crippen molar-refractivity contribution in [3.8, 4) is 0 Å². The van der Waals surface area contributed by atoms with Gasteiger partial charge in [0.05, 0.1) is 6.61 Å². The highest BCUT2D eigenvalue weighted by Gasteiger charge is 2.30. The molecule has 0 bridgehead atoms. The SMILES string of the molecule is COCCNC(=O)C(NCl)C(C)(C)C. The minimum Gasteiger partial charge on any atom is -0.383 e. The molecule has 0 aromatic carbocycles. The third kappa shape index (κ3) is 4.79. The summed E-state index contributed by atoms with van der Waals surface area (Å²) in [6.45, 7) is 6.85. The molecule has 1 atom stereocenters. The van der Waals surface area contributed by atoms with Crippen molar-refractivity contribution in [1.82, 2.24) is 10.2 Å². The Morgan fingerprint density at radius 1 is 1.50 bits per heavy atom. The standard InChI is InChI=1S/C9H19ClN2O2/c1-9(2,3)7(12-10)8(13)11-5-6-14-4/h7,12H,5-6H2,1-4H3,(H,11,13). The Bertz CT molecular complexity index is 180. The summed E-state index contributed by atoms with van der Waals surface area (Å²) in [6, 6.07) is -0.402. The number of carbonyl (C=O) groups is 1. The summed E-state index contributed by atoms with van der Waals surface area (Å²) in [4.78, 5) is 14.1. The van der Waals surface area contributed by atoms with Crippen LogP contribution in [0.4, 0.5) is 0 Å². The molecule has 0 spiro atoms. The first-order chi connectivity index (χ1) is 6.43. The summed E-state index contributed by atoms with van der Waals surface area (Å²) in [5.74, 6) is -0.107. The molecule has 0 rings (SSSR count). The predicted octanol–water partition coefficient (Wildman–Crippen LogP) is 0.907. The molecule has 0 aliphatic carbocycles. The van der Waals surface area contributed by atoms with Gasteiger partial charge in [-0.05, 0) is 17.2 Å². The van der Waals surface area contributed by atoms with Gasteiger partial charge >= 0.3 is 0 Å². The van der Waals surface area contributed by atoms with Crippen molar-refractivity contribution in [2.45, 2.75) is 26.8 Å². The Hall–Kier alpha value is -0.320. The van der Waals surface area contributed by atoms with Crippen LogP contribution in [-0.2, 0) is 9.53 Å². The summed E-state index contributed by atoms with van der Waals surface area (Å²) in [5, 5.41) is 2.73. The van der Waals surface area contributed by atoms with E-state index in [2.05, 4.69) is 10.2 Å². The molecule has 0 heterocycles. The average molecular weight is 223 g/mol. The lowest BCUT2D eigenvalue weighted by atomic mass is 9.87. The van der Waals surface area contributed by atoms with Gasteiger partial charge in [0.1, 0.15) is 6.04 Å². The van der Waals surface area contributed by atoms with E-state index in [9.17, 15) is 4.79 Å². The first-order valence-electron chi connectivity index (χ1n) is 4.56. The maximum atomic E-state index is 11.6. The average Bonchev–Trinajstić information content (AvgIpc) is 2.03. The van der Waals surface area contributed by atoms with Crippen LogP contribution in [0.25, 0.3) is 0 Å². The molecule has 4 nitrogen and oxygen atoms in total. The van der Waals surface area contributed by atoms with Gasteiger partial charge < -0.3 is 10.1 Å². The number of amides is 1. The van der Waals surface area contributed by atoms with Crippen LogP contribution in [0, 0.1) is 5.41 Å². The van der Waals surface area contributed by atoms with Gasteiger partial charge in [-0.3, -0.25) is 4.79 Å². The largest absolute Gasteiger partial charge is 0.383 e. The number of hydrogen-bond donors (Lipinski definition) is 2. The second-order valence-electron chi connectivity index (χ2n) is 4.19. The first kappa shape index (κ1) is 13.7. The van der Waals surface area contributed by atoms with E-state index in [1.54, 1.807) is 7.11 Å². The highest BCUT2D eigenvalue weighted by Crippen LogP contribution is 2.19. The number of ether oxygens (including phenoxy) is 1. The first-order valence-corrected chi connectivity index (χ1v) is 4.94. The third-order valence-electron chi connectivity index (χ3n) is 1.84.